The van der Waals surface area contributed by atoms with Gasteiger partial charge in [0.15, 0.2) is 0 Å². The van der Waals surface area contributed by atoms with E-state index in [1.54, 1.807) is 12.1 Å². The topological polar surface area (TPSA) is 38.0 Å². The van der Waals surface area contributed by atoms with Gasteiger partial charge in [-0.15, -0.1) is 0 Å². The lowest BCUT2D eigenvalue weighted by Crippen LogP contribution is -2.37. The Morgan fingerprint density at radius 1 is 1.47 bits per heavy atom. The molecule has 0 heterocycles. The first-order chi connectivity index (χ1) is 7.24. The van der Waals surface area contributed by atoms with Crippen LogP contribution >= 0.6 is 11.6 Å². The Bertz CT molecular complexity index is 332. The number of nitrogens with one attached hydrogen (secondary N) is 1. The second-order valence-electron chi connectivity index (χ2n) is 3.97. The Morgan fingerprint density at radius 3 is 2.67 bits per heavy atom. The highest BCUT2D eigenvalue weighted by Crippen LogP contribution is 2.40. The van der Waals surface area contributed by atoms with Gasteiger partial charge in [-0.05, 0) is 30.9 Å². The van der Waals surface area contributed by atoms with Gasteiger partial charge < -0.3 is 0 Å². The summed E-state index contributed by atoms with van der Waals surface area (Å²) in [5.41, 5.74) is 3.18. The molecule has 0 saturated heterocycles. The molecule has 0 aliphatic heterocycles. The summed E-state index contributed by atoms with van der Waals surface area (Å²) in [6.45, 7) is 0. The lowest BCUT2D eigenvalue weighted by Gasteiger charge is -2.34. The molecule has 2 nitrogen and oxygen atoms in total. The highest BCUT2D eigenvalue weighted by Gasteiger charge is 2.30. The molecule has 15 heavy (non-hydrogen) atoms. The normalized spacial score (nSPS) is 18.6. The first-order valence-electron chi connectivity index (χ1n) is 5.14. The zero-order chi connectivity index (χ0) is 10.8. The molecule has 0 radical (unpaired) electrons. The second-order valence-corrected chi connectivity index (χ2v) is 4.38. The van der Waals surface area contributed by atoms with Crippen molar-refractivity contribution in [2.75, 3.05) is 0 Å². The highest BCUT2D eigenvalue weighted by atomic mass is 35.5. The lowest BCUT2D eigenvalue weighted by atomic mass is 9.77. The van der Waals surface area contributed by atoms with Crippen LogP contribution in [0, 0.1) is 11.7 Å². The van der Waals surface area contributed by atoms with E-state index < -0.39 is 0 Å². The molecule has 3 N–H and O–H groups in total. The first kappa shape index (κ1) is 10.9. The third-order valence-electron chi connectivity index (χ3n) is 3.11. The van der Waals surface area contributed by atoms with E-state index in [-0.39, 0.29) is 11.9 Å². The number of hydrogen-bond acceptors (Lipinski definition) is 2. The number of rotatable bonds is 3. The summed E-state index contributed by atoms with van der Waals surface area (Å²) in [6.07, 6.45) is 3.36. The SMILES string of the molecule is NNC(c1c(F)cccc1Cl)C1CCC1. The standard InChI is InChI=1S/C11H14ClFN2/c12-8-5-2-6-9(13)10(8)11(15-14)7-3-1-4-7/h2,5-7,11,15H,1,3-4,14H2. The van der Waals surface area contributed by atoms with Gasteiger partial charge in [0.25, 0.3) is 0 Å². The summed E-state index contributed by atoms with van der Waals surface area (Å²) in [4.78, 5) is 0. The van der Waals surface area contributed by atoms with Crippen molar-refractivity contribution in [3.63, 3.8) is 0 Å². The average Bonchev–Trinajstić information content (AvgIpc) is 2.12. The fourth-order valence-electron chi connectivity index (χ4n) is 2.04. The first-order valence-corrected chi connectivity index (χ1v) is 5.52. The zero-order valence-corrected chi connectivity index (χ0v) is 9.10. The van der Waals surface area contributed by atoms with E-state index in [9.17, 15) is 4.39 Å². The molecule has 0 spiro atoms. The summed E-state index contributed by atoms with van der Waals surface area (Å²) in [7, 11) is 0. The Hall–Kier alpha value is -0.640. The minimum Gasteiger partial charge on any atom is -0.271 e. The molecule has 4 heteroatoms. The largest absolute Gasteiger partial charge is 0.271 e. The van der Waals surface area contributed by atoms with Gasteiger partial charge in [0, 0.05) is 10.6 Å². The smallest absolute Gasteiger partial charge is 0.129 e. The van der Waals surface area contributed by atoms with E-state index in [0.717, 1.165) is 12.8 Å². The summed E-state index contributed by atoms with van der Waals surface area (Å²) < 4.78 is 13.6. The van der Waals surface area contributed by atoms with Crippen molar-refractivity contribution in [2.45, 2.75) is 25.3 Å². The Morgan fingerprint density at radius 2 is 2.20 bits per heavy atom. The van der Waals surface area contributed by atoms with Crippen LogP contribution in [0.1, 0.15) is 30.9 Å². The van der Waals surface area contributed by atoms with Crippen LogP contribution in [0.3, 0.4) is 0 Å². The highest BCUT2D eigenvalue weighted by molar-refractivity contribution is 6.31. The van der Waals surface area contributed by atoms with E-state index in [1.807, 2.05) is 0 Å². The molecule has 2 rings (SSSR count). The third kappa shape index (κ3) is 2.00. The van der Waals surface area contributed by atoms with Crippen molar-refractivity contribution in [1.29, 1.82) is 0 Å². The minimum atomic E-state index is -0.280. The molecule has 1 aromatic carbocycles. The van der Waals surface area contributed by atoms with E-state index in [1.165, 1.54) is 12.5 Å². The molecule has 1 aliphatic carbocycles. The third-order valence-corrected chi connectivity index (χ3v) is 3.44. The number of halogens is 2. The molecule has 1 aliphatic rings. The fourth-order valence-corrected chi connectivity index (χ4v) is 2.32. The molecule has 1 saturated carbocycles. The minimum absolute atomic E-state index is 0.160. The van der Waals surface area contributed by atoms with Crippen LogP contribution in [-0.2, 0) is 0 Å². The predicted octanol–water partition coefficient (Wildman–Crippen LogP) is 2.78. The number of benzene rings is 1. The van der Waals surface area contributed by atoms with Crippen LogP contribution in [0.25, 0.3) is 0 Å². The fraction of sp³-hybridized carbons (Fsp3) is 0.455. The number of hydrogen-bond donors (Lipinski definition) is 2. The Kier molecular flexibility index (Phi) is 3.24. The molecule has 0 aromatic heterocycles. The molecule has 1 fully saturated rings. The van der Waals surface area contributed by atoms with Gasteiger partial charge in [-0.1, -0.05) is 24.1 Å². The summed E-state index contributed by atoms with van der Waals surface area (Å²) in [5, 5.41) is 0.449. The predicted molar refractivity (Wildman–Crippen MR) is 58.8 cm³/mol. The van der Waals surface area contributed by atoms with Crippen LogP contribution in [0.4, 0.5) is 4.39 Å². The van der Waals surface area contributed by atoms with Gasteiger partial charge in [-0.3, -0.25) is 11.3 Å². The van der Waals surface area contributed by atoms with E-state index >= 15 is 0 Å². The Balaban J connectivity index is 2.32. The maximum atomic E-state index is 13.6. The van der Waals surface area contributed by atoms with Gasteiger partial charge in [-0.2, -0.15) is 0 Å². The summed E-state index contributed by atoms with van der Waals surface area (Å²) in [6, 6.07) is 4.57. The second kappa shape index (κ2) is 4.47. The monoisotopic (exact) mass is 228 g/mol. The molecule has 1 aromatic rings. The molecule has 82 valence electrons. The van der Waals surface area contributed by atoms with Crippen LogP contribution in [0.5, 0.6) is 0 Å². The van der Waals surface area contributed by atoms with Crippen LogP contribution in [0.15, 0.2) is 18.2 Å². The van der Waals surface area contributed by atoms with Crippen molar-refractivity contribution in [1.82, 2.24) is 5.43 Å². The quantitative estimate of drug-likeness (QED) is 0.617. The van der Waals surface area contributed by atoms with Crippen molar-refractivity contribution < 1.29 is 4.39 Å². The van der Waals surface area contributed by atoms with Gasteiger partial charge in [0.1, 0.15) is 5.82 Å². The molecule has 0 amide bonds. The lowest BCUT2D eigenvalue weighted by molar-refractivity contribution is 0.228. The average molecular weight is 229 g/mol. The van der Waals surface area contributed by atoms with Gasteiger partial charge in [0.2, 0.25) is 0 Å². The van der Waals surface area contributed by atoms with Gasteiger partial charge in [-0.25, -0.2) is 4.39 Å². The zero-order valence-electron chi connectivity index (χ0n) is 8.34. The van der Waals surface area contributed by atoms with Crippen molar-refractivity contribution >= 4 is 11.6 Å². The van der Waals surface area contributed by atoms with Crippen LogP contribution in [0.2, 0.25) is 5.02 Å². The molecule has 1 atom stereocenters. The van der Waals surface area contributed by atoms with Gasteiger partial charge in [0.05, 0.1) is 6.04 Å². The molecular formula is C11H14ClFN2. The number of hydrazine groups is 1. The summed E-state index contributed by atoms with van der Waals surface area (Å²) >= 11 is 5.99. The molecule has 1 unspecified atom stereocenters. The number of nitrogens with two attached hydrogens (primary N) is 1. The van der Waals surface area contributed by atoms with E-state index in [2.05, 4.69) is 5.43 Å². The van der Waals surface area contributed by atoms with E-state index in [4.69, 9.17) is 17.4 Å². The maximum Gasteiger partial charge on any atom is 0.129 e. The molecular weight excluding hydrogens is 215 g/mol. The van der Waals surface area contributed by atoms with Crippen LogP contribution < -0.4 is 11.3 Å². The molecule has 0 bridgehead atoms. The maximum absolute atomic E-state index is 13.6. The van der Waals surface area contributed by atoms with E-state index in [0.29, 0.717) is 16.5 Å². The van der Waals surface area contributed by atoms with Gasteiger partial charge >= 0.3 is 0 Å². The Labute approximate surface area is 93.6 Å². The van der Waals surface area contributed by atoms with Crippen molar-refractivity contribution in [2.24, 2.45) is 11.8 Å². The summed E-state index contributed by atoms with van der Waals surface area (Å²) in [5.74, 6) is 5.60. The van der Waals surface area contributed by atoms with Crippen molar-refractivity contribution in [3.8, 4) is 0 Å². The van der Waals surface area contributed by atoms with Crippen LogP contribution in [-0.4, -0.2) is 0 Å². The van der Waals surface area contributed by atoms with Crippen molar-refractivity contribution in [3.05, 3.63) is 34.6 Å².